The molecule has 0 unspecified atom stereocenters. The summed E-state index contributed by atoms with van der Waals surface area (Å²) >= 11 is 0. The van der Waals surface area contributed by atoms with E-state index in [0.717, 1.165) is 62.9 Å². The van der Waals surface area contributed by atoms with Gasteiger partial charge >= 0.3 is 0 Å². The van der Waals surface area contributed by atoms with Crippen molar-refractivity contribution in [2.45, 2.75) is 33.6 Å². The Morgan fingerprint density at radius 3 is 2.42 bits per heavy atom. The van der Waals surface area contributed by atoms with Crippen molar-refractivity contribution in [1.82, 2.24) is 9.97 Å². The van der Waals surface area contributed by atoms with Crippen LogP contribution in [0.3, 0.4) is 0 Å². The van der Waals surface area contributed by atoms with Gasteiger partial charge in [-0.15, -0.1) is 0 Å². The number of hydrogen-bond donors (Lipinski definition) is 2. The first-order chi connectivity index (χ1) is 16.1. The van der Waals surface area contributed by atoms with Crippen molar-refractivity contribution in [2.24, 2.45) is 0 Å². The fraction of sp³-hybridized carbons (Fsp3) is 0.385. The molecule has 33 heavy (non-hydrogen) atoms. The molecule has 4 rings (SSSR count). The Hall–Kier alpha value is -3.48. The number of aromatic nitrogens is 2. The number of rotatable bonds is 8. The molecule has 1 saturated heterocycles. The highest BCUT2D eigenvalue weighted by Crippen LogP contribution is 2.31. The van der Waals surface area contributed by atoms with Crippen LogP contribution in [0.5, 0.6) is 5.75 Å². The van der Waals surface area contributed by atoms with E-state index in [1.54, 1.807) is 6.33 Å². The molecule has 2 heterocycles. The molecule has 1 fully saturated rings. The molecule has 0 spiro atoms. The maximum absolute atomic E-state index is 6.50. The Labute approximate surface area is 196 Å². The predicted octanol–water partition coefficient (Wildman–Crippen LogP) is 4.92. The van der Waals surface area contributed by atoms with Crippen molar-refractivity contribution in [3.63, 3.8) is 0 Å². The Bertz CT molecular complexity index is 1060. The zero-order chi connectivity index (χ0) is 23.2. The zero-order valence-electron chi connectivity index (χ0n) is 19.8. The van der Waals surface area contributed by atoms with Crippen molar-refractivity contribution < 1.29 is 4.74 Å². The first-order valence-electron chi connectivity index (χ1n) is 11.7. The highest BCUT2D eigenvalue weighted by atomic mass is 16.5. The Kier molecular flexibility index (Phi) is 7.17. The van der Waals surface area contributed by atoms with Gasteiger partial charge in [0.15, 0.2) is 11.6 Å². The second kappa shape index (κ2) is 10.4. The quantitative estimate of drug-likeness (QED) is 0.475. The number of aryl methyl sites for hydroxylation is 1. The fourth-order valence-corrected chi connectivity index (χ4v) is 4.08. The summed E-state index contributed by atoms with van der Waals surface area (Å²) in [4.78, 5) is 13.6. The molecule has 1 aliphatic rings. The van der Waals surface area contributed by atoms with E-state index in [-0.39, 0.29) is 0 Å². The van der Waals surface area contributed by atoms with E-state index in [2.05, 4.69) is 64.1 Å². The van der Waals surface area contributed by atoms with Crippen LogP contribution < -0.4 is 25.6 Å². The number of nitrogen functional groups attached to an aromatic ring is 1. The molecule has 0 saturated carbocycles. The van der Waals surface area contributed by atoms with Gasteiger partial charge in [-0.05, 0) is 61.7 Å². The van der Waals surface area contributed by atoms with Crippen molar-refractivity contribution in [1.29, 1.82) is 0 Å². The Morgan fingerprint density at radius 2 is 1.70 bits per heavy atom. The van der Waals surface area contributed by atoms with Gasteiger partial charge in [-0.25, -0.2) is 9.97 Å². The van der Waals surface area contributed by atoms with Crippen LogP contribution in [0.2, 0.25) is 0 Å². The maximum atomic E-state index is 6.50. The second-order valence-electron chi connectivity index (χ2n) is 8.50. The summed E-state index contributed by atoms with van der Waals surface area (Å²) in [6.45, 7) is 10.8. The normalized spacial score (nSPS) is 13.8. The first kappa shape index (κ1) is 22.7. The van der Waals surface area contributed by atoms with Gasteiger partial charge in [0.1, 0.15) is 17.8 Å². The number of benzene rings is 2. The van der Waals surface area contributed by atoms with Crippen molar-refractivity contribution in [3.05, 3.63) is 59.9 Å². The largest absolute Gasteiger partial charge is 0.494 e. The minimum Gasteiger partial charge on any atom is -0.494 e. The van der Waals surface area contributed by atoms with E-state index < -0.39 is 0 Å². The second-order valence-corrected chi connectivity index (χ2v) is 8.50. The van der Waals surface area contributed by atoms with Gasteiger partial charge in [0.2, 0.25) is 0 Å². The number of piperazine rings is 1. The van der Waals surface area contributed by atoms with E-state index in [4.69, 9.17) is 10.5 Å². The third-order valence-electron chi connectivity index (χ3n) is 6.24. The lowest BCUT2D eigenvalue weighted by Gasteiger charge is -2.38. The molecule has 0 atom stereocenters. The number of unbranched alkanes of at least 4 members (excludes halogenated alkanes) is 1. The summed E-state index contributed by atoms with van der Waals surface area (Å²) in [5, 5.41) is 3.33. The number of ether oxygens (including phenoxy) is 1. The molecule has 1 aliphatic heterocycles. The Morgan fingerprint density at radius 1 is 0.970 bits per heavy atom. The van der Waals surface area contributed by atoms with Crippen LogP contribution in [0.25, 0.3) is 0 Å². The number of hydrogen-bond acceptors (Lipinski definition) is 7. The molecule has 1 aromatic heterocycles. The first-order valence-corrected chi connectivity index (χ1v) is 11.7. The number of nitrogens with zero attached hydrogens (tertiary/aromatic N) is 4. The van der Waals surface area contributed by atoms with E-state index in [0.29, 0.717) is 11.5 Å². The molecule has 2 aromatic carbocycles. The molecular weight excluding hydrogens is 412 g/mol. The maximum Gasteiger partial charge on any atom is 0.159 e. The van der Waals surface area contributed by atoms with Gasteiger partial charge in [0.25, 0.3) is 0 Å². The van der Waals surface area contributed by atoms with Crippen molar-refractivity contribution in [3.8, 4) is 5.75 Å². The molecule has 0 radical (unpaired) electrons. The summed E-state index contributed by atoms with van der Waals surface area (Å²) in [7, 11) is 0. The van der Waals surface area contributed by atoms with E-state index in [1.165, 1.54) is 16.8 Å². The van der Waals surface area contributed by atoms with Crippen LogP contribution in [0, 0.1) is 13.8 Å². The van der Waals surface area contributed by atoms with E-state index in [9.17, 15) is 0 Å². The summed E-state index contributed by atoms with van der Waals surface area (Å²) in [6, 6.07) is 14.4. The minimum atomic E-state index is 0.570. The zero-order valence-corrected chi connectivity index (χ0v) is 19.8. The van der Waals surface area contributed by atoms with Gasteiger partial charge in [-0.3, -0.25) is 0 Å². The van der Waals surface area contributed by atoms with Gasteiger partial charge in [0.05, 0.1) is 6.61 Å². The highest BCUT2D eigenvalue weighted by molar-refractivity contribution is 5.78. The SMILES string of the molecule is CCCCOc1ccc(Nc2ncnc(N3CCN(c4cccc(C)c4C)CC3)c2N)cc1. The van der Waals surface area contributed by atoms with Crippen molar-refractivity contribution >= 4 is 28.7 Å². The average molecular weight is 447 g/mol. The number of anilines is 5. The summed E-state index contributed by atoms with van der Waals surface area (Å²) in [5.74, 6) is 2.27. The molecule has 7 heteroatoms. The number of nitrogens with two attached hydrogens (primary N) is 1. The summed E-state index contributed by atoms with van der Waals surface area (Å²) in [5.41, 5.74) is 12.0. The van der Waals surface area contributed by atoms with E-state index >= 15 is 0 Å². The van der Waals surface area contributed by atoms with Crippen LogP contribution in [0.15, 0.2) is 48.8 Å². The lowest BCUT2D eigenvalue weighted by atomic mass is 10.1. The fourth-order valence-electron chi connectivity index (χ4n) is 4.08. The molecule has 0 amide bonds. The summed E-state index contributed by atoms with van der Waals surface area (Å²) in [6.07, 6.45) is 3.75. The number of nitrogens with one attached hydrogen (secondary N) is 1. The van der Waals surface area contributed by atoms with Crippen molar-refractivity contribution in [2.75, 3.05) is 53.6 Å². The highest BCUT2D eigenvalue weighted by Gasteiger charge is 2.22. The standard InChI is InChI=1S/C26H34N6O/c1-4-5-17-33-22-11-9-21(10-12-22)30-25-24(27)26(29-18-28-25)32-15-13-31(14-16-32)23-8-6-7-19(2)20(23)3/h6-12,18H,4-5,13-17,27H2,1-3H3,(H,28,29,30). The van der Waals surface area contributed by atoms with Gasteiger partial charge in [0, 0.05) is 37.6 Å². The van der Waals surface area contributed by atoms with Crippen LogP contribution in [0.1, 0.15) is 30.9 Å². The predicted molar refractivity (Wildman–Crippen MR) is 137 cm³/mol. The molecule has 174 valence electrons. The molecule has 0 aliphatic carbocycles. The van der Waals surface area contributed by atoms with Gasteiger partial charge in [-0.2, -0.15) is 0 Å². The lowest BCUT2D eigenvalue weighted by Crippen LogP contribution is -2.47. The topological polar surface area (TPSA) is 79.5 Å². The molecular formula is C26H34N6O. The summed E-state index contributed by atoms with van der Waals surface area (Å²) < 4.78 is 5.74. The van der Waals surface area contributed by atoms with Crippen LogP contribution in [-0.2, 0) is 0 Å². The van der Waals surface area contributed by atoms with Crippen LogP contribution in [0.4, 0.5) is 28.7 Å². The lowest BCUT2D eigenvalue weighted by molar-refractivity contribution is 0.309. The average Bonchev–Trinajstić information content (AvgIpc) is 2.84. The third kappa shape index (κ3) is 5.30. The Balaban J connectivity index is 1.41. The van der Waals surface area contributed by atoms with Gasteiger partial charge < -0.3 is 25.6 Å². The van der Waals surface area contributed by atoms with E-state index in [1.807, 2.05) is 24.3 Å². The monoisotopic (exact) mass is 446 g/mol. The third-order valence-corrected chi connectivity index (χ3v) is 6.24. The molecule has 3 aromatic rings. The smallest absolute Gasteiger partial charge is 0.159 e. The minimum absolute atomic E-state index is 0.570. The molecule has 3 N–H and O–H groups in total. The van der Waals surface area contributed by atoms with Crippen LogP contribution in [-0.4, -0.2) is 42.8 Å². The van der Waals surface area contributed by atoms with Gasteiger partial charge in [-0.1, -0.05) is 25.5 Å². The molecule has 7 nitrogen and oxygen atoms in total. The van der Waals surface area contributed by atoms with Crippen LogP contribution >= 0.6 is 0 Å². The molecule has 0 bridgehead atoms.